The SMILES string of the molecule is COCC1CCCN(C(=O)C2CCCC2N)C1.Cl. The molecular formula is C13H25ClN2O2. The van der Waals surface area contributed by atoms with Gasteiger partial charge in [0.15, 0.2) is 0 Å². The maximum absolute atomic E-state index is 12.4. The van der Waals surface area contributed by atoms with E-state index >= 15 is 0 Å². The smallest absolute Gasteiger partial charge is 0.227 e. The molecule has 0 radical (unpaired) electrons. The number of halogens is 1. The van der Waals surface area contributed by atoms with Gasteiger partial charge in [0, 0.05) is 26.2 Å². The van der Waals surface area contributed by atoms with Crippen LogP contribution in [0.1, 0.15) is 32.1 Å². The van der Waals surface area contributed by atoms with Gasteiger partial charge in [-0.15, -0.1) is 12.4 Å². The monoisotopic (exact) mass is 276 g/mol. The lowest BCUT2D eigenvalue weighted by molar-refractivity contribution is -0.138. The molecule has 1 saturated carbocycles. The van der Waals surface area contributed by atoms with E-state index in [4.69, 9.17) is 10.5 Å². The molecule has 4 nitrogen and oxygen atoms in total. The zero-order valence-electron chi connectivity index (χ0n) is 11.1. The van der Waals surface area contributed by atoms with Gasteiger partial charge in [-0.2, -0.15) is 0 Å². The zero-order valence-corrected chi connectivity index (χ0v) is 12.0. The van der Waals surface area contributed by atoms with Gasteiger partial charge in [0.1, 0.15) is 0 Å². The summed E-state index contributed by atoms with van der Waals surface area (Å²) in [7, 11) is 1.73. The Hall–Kier alpha value is -0.320. The van der Waals surface area contributed by atoms with Crippen molar-refractivity contribution in [3.05, 3.63) is 0 Å². The van der Waals surface area contributed by atoms with Crippen molar-refractivity contribution in [2.75, 3.05) is 26.8 Å². The minimum atomic E-state index is 0. The molecule has 1 heterocycles. The first-order valence-electron chi connectivity index (χ1n) is 6.75. The molecule has 0 aromatic rings. The third-order valence-electron chi connectivity index (χ3n) is 4.12. The highest BCUT2D eigenvalue weighted by molar-refractivity contribution is 5.85. The van der Waals surface area contributed by atoms with Crippen molar-refractivity contribution in [2.45, 2.75) is 38.1 Å². The molecule has 2 fully saturated rings. The van der Waals surface area contributed by atoms with E-state index in [0.29, 0.717) is 5.92 Å². The van der Waals surface area contributed by atoms with E-state index in [-0.39, 0.29) is 30.3 Å². The number of piperidine rings is 1. The summed E-state index contributed by atoms with van der Waals surface area (Å²) in [5, 5.41) is 0. The molecule has 1 saturated heterocycles. The molecule has 0 spiro atoms. The maximum atomic E-state index is 12.4. The highest BCUT2D eigenvalue weighted by Crippen LogP contribution is 2.27. The van der Waals surface area contributed by atoms with E-state index in [9.17, 15) is 4.79 Å². The number of rotatable bonds is 3. The summed E-state index contributed by atoms with van der Waals surface area (Å²) in [6, 6.07) is 0.0882. The Morgan fingerprint density at radius 2 is 2.11 bits per heavy atom. The summed E-state index contributed by atoms with van der Waals surface area (Å²) in [6.45, 7) is 2.53. The molecule has 0 aromatic carbocycles. The Kier molecular flexibility index (Phi) is 6.39. The first-order chi connectivity index (χ1) is 8.22. The lowest BCUT2D eigenvalue weighted by Gasteiger charge is -2.34. The molecule has 1 aliphatic heterocycles. The topological polar surface area (TPSA) is 55.6 Å². The first-order valence-corrected chi connectivity index (χ1v) is 6.75. The van der Waals surface area contributed by atoms with Crippen LogP contribution >= 0.6 is 12.4 Å². The molecule has 2 N–H and O–H groups in total. The predicted molar refractivity (Wildman–Crippen MR) is 73.7 cm³/mol. The number of nitrogens with two attached hydrogens (primary N) is 1. The first kappa shape index (κ1) is 15.7. The fourth-order valence-electron chi connectivity index (χ4n) is 3.17. The summed E-state index contributed by atoms with van der Waals surface area (Å²) >= 11 is 0. The summed E-state index contributed by atoms with van der Waals surface area (Å²) in [5.41, 5.74) is 6.01. The van der Waals surface area contributed by atoms with Crippen LogP contribution in [0.5, 0.6) is 0 Å². The molecule has 3 atom stereocenters. The van der Waals surface area contributed by atoms with Crippen LogP contribution in [0.25, 0.3) is 0 Å². The lowest BCUT2D eigenvalue weighted by atomic mass is 9.96. The van der Waals surface area contributed by atoms with E-state index in [1.807, 2.05) is 4.90 Å². The second kappa shape index (κ2) is 7.31. The highest BCUT2D eigenvalue weighted by Gasteiger charge is 2.34. The zero-order chi connectivity index (χ0) is 12.3. The van der Waals surface area contributed by atoms with E-state index in [0.717, 1.165) is 45.4 Å². The summed E-state index contributed by atoms with van der Waals surface area (Å²) in [5.74, 6) is 0.877. The second-order valence-corrected chi connectivity index (χ2v) is 5.45. The molecule has 1 amide bonds. The van der Waals surface area contributed by atoms with Crippen LogP contribution < -0.4 is 5.73 Å². The van der Waals surface area contributed by atoms with Crippen molar-refractivity contribution in [1.82, 2.24) is 4.90 Å². The summed E-state index contributed by atoms with van der Waals surface area (Å²) in [6.07, 6.45) is 5.36. The van der Waals surface area contributed by atoms with Gasteiger partial charge in [0.05, 0.1) is 12.5 Å². The van der Waals surface area contributed by atoms with Gasteiger partial charge in [-0.25, -0.2) is 0 Å². The molecule has 0 aromatic heterocycles. The van der Waals surface area contributed by atoms with E-state index in [1.165, 1.54) is 6.42 Å². The summed E-state index contributed by atoms with van der Waals surface area (Å²) < 4.78 is 5.19. The van der Waals surface area contributed by atoms with Gasteiger partial charge in [-0.1, -0.05) is 6.42 Å². The van der Waals surface area contributed by atoms with Crippen LogP contribution in [-0.2, 0) is 9.53 Å². The lowest BCUT2D eigenvalue weighted by Crippen LogP contribution is -2.46. The molecule has 3 unspecified atom stereocenters. The standard InChI is InChI=1S/C13H24N2O2.ClH/c1-17-9-10-4-3-7-15(8-10)13(16)11-5-2-6-12(11)14;/h10-12H,2-9,14H2,1H3;1H. The molecule has 2 rings (SSSR count). The Labute approximate surface area is 116 Å². The molecular weight excluding hydrogens is 252 g/mol. The minimum Gasteiger partial charge on any atom is -0.384 e. The molecule has 0 bridgehead atoms. The average molecular weight is 277 g/mol. The van der Waals surface area contributed by atoms with Crippen molar-refractivity contribution in [3.63, 3.8) is 0 Å². The van der Waals surface area contributed by atoms with Crippen molar-refractivity contribution in [1.29, 1.82) is 0 Å². The maximum Gasteiger partial charge on any atom is 0.227 e. The average Bonchev–Trinajstić information content (AvgIpc) is 2.75. The van der Waals surface area contributed by atoms with Crippen molar-refractivity contribution < 1.29 is 9.53 Å². The van der Waals surface area contributed by atoms with Gasteiger partial charge in [0.25, 0.3) is 0 Å². The van der Waals surface area contributed by atoms with Gasteiger partial charge < -0.3 is 15.4 Å². The number of ether oxygens (including phenoxy) is 1. The van der Waals surface area contributed by atoms with E-state index in [1.54, 1.807) is 7.11 Å². The predicted octanol–water partition coefficient (Wildman–Crippen LogP) is 1.42. The number of carbonyl (C=O) groups is 1. The molecule has 106 valence electrons. The van der Waals surface area contributed by atoms with Crippen LogP contribution in [0, 0.1) is 11.8 Å². The Morgan fingerprint density at radius 3 is 2.72 bits per heavy atom. The number of carbonyl (C=O) groups excluding carboxylic acids is 1. The fourth-order valence-corrected chi connectivity index (χ4v) is 3.17. The normalized spacial score (nSPS) is 32.1. The molecule has 2 aliphatic rings. The third kappa shape index (κ3) is 3.59. The van der Waals surface area contributed by atoms with Crippen LogP contribution in [0.3, 0.4) is 0 Å². The quantitative estimate of drug-likeness (QED) is 0.848. The molecule has 1 aliphatic carbocycles. The van der Waals surface area contributed by atoms with Crippen LogP contribution in [-0.4, -0.2) is 43.7 Å². The van der Waals surface area contributed by atoms with Gasteiger partial charge >= 0.3 is 0 Å². The minimum absolute atomic E-state index is 0. The van der Waals surface area contributed by atoms with Gasteiger partial charge in [0.2, 0.25) is 5.91 Å². The number of nitrogens with zero attached hydrogens (tertiary/aromatic N) is 1. The van der Waals surface area contributed by atoms with E-state index in [2.05, 4.69) is 0 Å². The van der Waals surface area contributed by atoms with Crippen molar-refractivity contribution in [2.24, 2.45) is 17.6 Å². The largest absolute Gasteiger partial charge is 0.384 e. The Morgan fingerprint density at radius 1 is 1.33 bits per heavy atom. The van der Waals surface area contributed by atoms with Gasteiger partial charge in [-0.3, -0.25) is 4.79 Å². The number of hydrogen-bond donors (Lipinski definition) is 1. The Balaban J connectivity index is 0.00000162. The summed E-state index contributed by atoms with van der Waals surface area (Å²) in [4.78, 5) is 14.4. The van der Waals surface area contributed by atoms with Crippen LogP contribution in [0.4, 0.5) is 0 Å². The number of methoxy groups -OCH3 is 1. The third-order valence-corrected chi connectivity index (χ3v) is 4.12. The second-order valence-electron chi connectivity index (χ2n) is 5.45. The molecule has 5 heteroatoms. The fraction of sp³-hybridized carbons (Fsp3) is 0.923. The number of amides is 1. The number of hydrogen-bond acceptors (Lipinski definition) is 3. The van der Waals surface area contributed by atoms with E-state index < -0.39 is 0 Å². The van der Waals surface area contributed by atoms with Crippen molar-refractivity contribution in [3.8, 4) is 0 Å². The Bertz CT molecular complexity index is 274. The van der Waals surface area contributed by atoms with Crippen LogP contribution in [0.2, 0.25) is 0 Å². The highest BCUT2D eigenvalue weighted by atomic mass is 35.5. The van der Waals surface area contributed by atoms with Gasteiger partial charge in [-0.05, 0) is 31.6 Å². The number of likely N-dealkylation sites (tertiary alicyclic amines) is 1. The van der Waals surface area contributed by atoms with Crippen LogP contribution in [0.15, 0.2) is 0 Å². The molecule has 18 heavy (non-hydrogen) atoms. The van der Waals surface area contributed by atoms with Crippen molar-refractivity contribution >= 4 is 18.3 Å².